The summed E-state index contributed by atoms with van der Waals surface area (Å²) < 4.78 is 54.2. The van der Waals surface area contributed by atoms with Crippen LogP contribution < -0.4 is 9.80 Å². The fraction of sp³-hybridized carbons (Fsp3) is 0.536. The van der Waals surface area contributed by atoms with Crippen LogP contribution >= 0.6 is 0 Å². The van der Waals surface area contributed by atoms with E-state index in [2.05, 4.69) is 19.8 Å². The van der Waals surface area contributed by atoms with Crippen molar-refractivity contribution >= 4 is 22.4 Å². The van der Waals surface area contributed by atoms with Gasteiger partial charge in [0.15, 0.2) is 5.60 Å². The Balaban J connectivity index is 1.38. The molecule has 0 bridgehead atoms. The average Bonchev–Trinajstić information content (AvgIpc) is 3.30. The Morgan fingerprint density at radius 2 is 1.61 bits per heavy atom. The van der Waals surface area contributed by atoms with E-state index < -0.39 is 30.0 Å². The first kappa shape index (κ1) is 26.8. The summed E-state index contributed by atoms with van der Waals surface area (Å²) >= 11 is 0. The molecular formula is C28H35F3N4O3. The van der Waals surface area contributed by atoms with Crippen LogP contribution in [0.5, 0.6) is 0 Å². The predicted molar refractivity (Wildman–Crippen MR) is 141 cm³/mol. The maximum atomic E-state index is 14.5. The van der Waals surface area contributed by atoms with Crippen molar-refractivity contribution in [3.8, 4) is 0 Å². The number of anilines is 2. The molecule has 1 atom stereocenters. The Hall–Kier alpha value is -2.82. The maximum Gasteiger partial charge on any atom is 0.417 e. The lowest BCUT2D eigenvalue weighted by Gasteiger charge is -2.38. The van der Waals surface area contributed by atoms with Crippen LogP contribution in [0.25, 0.3) is 10.9 Å². The van der Waals surface area contributed by atoms with Gasteiger partial charge in [0, 0.05) is 49.4 Å². The van der Waals surface area contributed by atoms with Crippen molar-refractivity contribution < 1.29 is 27.8 Å². The highest BCUT2D eigenvalue weighted by Crippen LogP contribution is 2.43. The summed E-state index contributed by atoms with van der Waals surface area (Å²) in [5, 5.41) is 12.0. The van der Waals surface area contributed by atoms with Gasteiger partial charge in [-0.3, -0.25) is 0 Å². The number of morpholine rings is 2. The first-order chi connectivity index (χ1) is 18.0. The number of halogens is 3. The van der Waals surface area contributed by atoms with Gasteiger partial charge in [-0.2, -0.15) is 13.2 Å². The molecule has 5 rings (SSSR count). The van der Waals surface area contributed by atoms with E-state index in [-0.39, 0.29) is 0 Å². The monoisotopic (exact) mass is 532 g/mol. The zero-order valence-corrected chi connectivity index (χ0v) is 21.9. The fourth-order valence-electron chi connectivity index (χ4n) is 5.50. The lowest BCUT2D eigenvalue weighted by molar-refractivity contribution is -0.266. The second kappa shape index (κ2) is 10.4. The molecule has 2 N–H and O–H groups in total. The molecule has 1 unspecified atom stereocenters. The summed E-state index contributed by atoms with van der Waals surface area (Å²) in [6.45, 7) is 8.88. The van der Waals surface area contributed by atoms with Crippen molar-refractivity contribution in [2.24, 2.45) is 0 Å². The molecule has 0 amide bonds. The molecule has 4 heterocycles. The largest absolute Gasteiger partial charge is 0.417 e. The van der Waals surface area contributed by atoms with Crippen molar-refractivity contribution in [3.63, 3.8) is 0 Å². The van der Waals surface area contributed by atoms with E-state index in [0.717, 1.165) is 35.5 Å². The molecule has 7 nitrogen and oxygen atoms in total. The molecule has 1 aromatic carbocycles. The van der Waals surface area contributed by atoms with Gasteiger partial charge in [0.25, 0.3) is 0 Å². The van der Waals surface area contributed by atoms with E-state index in [1.165, 1.54) is 0 Å². The molecule has 38 heavy (non-hydrogen) atoms. The second-order valence-electron chi connectivity index (χ2n) is 10.9. The standard InChI is InChI=1S/C28H35F3N4O3/c1-26(2,21-4-3-5-23(16-21)34-6-10-37-11-7-34)19-27(36,28(29,30)31)17-22-14-20-15-25(32-18-24(20)33-22)35-8-12-38-13-9-35/h3-5,14-16,18,33,36H,6-13,17,19H2,1-2H3. The third kappa shape index (κ3) is 5.62. The molecule has 0 spiro atoms. The van der Waals surface area contributed by atoms with Gasteiger partial charge in [-0.05, 0) is 41.7 Å². The number of hydrogen-bond acceptors (Lipinski definition) is 6. The van der Waals surface area contributed by atoms with Crippen LogP contribution in [0.15, 0.2) is 42.6 Å². The molecule has 0 saturated carbocycles. The minimum Gasteiger partial charge on any atom is -0.380 e. The normalized spacial score (nSPS) is 19.1. The number of rotatable bonds is 7. The van der Waals surface area contributed by atoms with Gasteiger partial charge in [-0.15, -0.1) is 0 Å². The quantitative estimate of drug-likeness (QED) is 0.469. The Bertz CT molecular complexity index is 1250. The molecule has 2 aliphatic rings. The number of ether oxygens (including phenoxy) is 2. The first-order valence-electron chi connectivity index (χ1n) is 13.1. The van der Waals surface area contributed by atoms with Crippen molar-refractivity contribution in [3.05, 3.63) is 53.9 Å². The summed E-state index contributed by atoms with van der Waals surface area (Å²) in [4.78, 5) is 11.8. The highest BCUT2D eigenvalue weighted by molar-refractivity contribution is 5.82. The van der Waals surface area contributed by atoms with Crippen molar-refractivity contribution in [1.29, 1.82) is 0 Å². The number of alkyl halides is 3. The highest BCUT2D eigenvalue weighted by atomic mass is 19.4. The average molecular weight is 533 g/mol. The molecule has 2 aliphatic heterocycles. The Kier molecular flexibility index (Phi) is 7.32. The topological polar surface area (TPSA) is 73.9 Å². The van der Waals surface area contributed by atoms with Crippen LogP contribution in [0.2, 0.25) is 0 Å². The predicted octanol–water partition coefficient (Wildman–Crippen LogP) is 4.44. The third-order valence-corrected chi connectivity index (χ3v) is 7.63. The number of H-pyrrole nitrogens is 1. The minimum atomic E-state index is -4.82. The number of aromatic amines is 1. The van der Waals surface area contributed by atoms with Crippen LogP contribution in [-0.4, -0.2) is 79.5 Å². The van der Waals surface area contributed by atoms with Crippen molar-refractivity contribution in [2.75, 3.05) is 62.4 Å². The SMILES string of the molecule is CC(C)(CC(O)(Cc1cc2cc(N3CCOCC3)ncc2[nH]1)C(F)(F)F)c1cccc(N2CCOCC2)c1. The van der Waals surface area contributed by atoms with Gasteiger partial charge < -0.3 is 29.4 Å². The summed E-state index contributed by atoms with van der Waals surface area (Å²) in [5.74, 6) is 0.763. The number of fused-ring (bicyclic) bond motifs is 1. The summed E-state index contributed by atoms with van der Waals surface area (Å²) in [7, 11) is 0. The summed E-state index contributed by atoms with van der Waals surface area (Å²) in [6, 6.07) is 11.2. The minimum absolute atomic E-state index is 0.318. The van der Waals surface area contributed by atoms with Gasteiger partial charge in [0.1, 0.15) is 5.82 Å². The smallest absolute Gasteiger partial charge is 0.380 e. The van der Waals surface area contributed by atoms with E-state index >= 15 is 0 Å². The van der Waals surface area contributed by atoms with E-state index in [0.29, 0.717) is 50.7 Å². The van der Waals surface area contributed by atoms with E-state index in [4.69, 9.17) is 9.47 Å². The molecule has 2 saturated heterocycles. The number of aliphatic hydroxyl groups is 1. The highest BCUT2D eigenvalue weighted by Gasteiger charge is 2.56. The third-order valence-electron chi connectivity index (χ3n) is 7.63. The van der Waals surface area contributed by atoms with Gasteiger partial charge in [0.2, 0.25) is 0 Å². The molecule has 3 aromatic rings. The molecule has 0 aliphatic carbocycles. The van der Waals surface area contributed by atoms with Crippen LogP contribution in [0, 0.1) is 0 Å². The zero-order valence-electron chi connectivity index (χ0n) is 21.9. The summed E-state index contributed by atoms with van der Waals surface area (Å²) in [5.41, 5.74) is -1.21. The van der Waals surface area contributed by atoms with Gasteiger partial charge in [-0.25, -0.2) is 4.98 Å². The van der Waals surface area contributed by atoms with E-state index in [1.807, 2.05) is 30.3 Å². The van der Waals surface area contributed by atoms with Crippen LogP contribution in [0.4, 0.5) is 24.7 Å². The van der Waals surface area contributed by atoms with Crippen LogP contribution in [0.1, 0.15) is 31.5 Å². The number of nitrogens with zero attached hydrogens (tertiary/aromatic N) is 3. The number of hydrogen-bond donors (Lipinski definition) is 2. The summed E-state index contributed by atoms with van der Waals surface area (Å²) in [6.07, 6.45) is -4.24. The Morgan fingerprint density at radius 3 is 2.26 bits per heavy atom. The molecule has 2 fully saturated rings. The molecule has 0 radical (unpaired) electrons. The van der Waals surface area contributed by atoms with Crippen molar-refractivity contribution in [1.82, 2.24) is 9.97 Å². The van der Waals surface area contributed by atoms with Crippen molar-refractivity contribution in [2.45, 2.75) is 43.9 Å². The molecule has 2 aromatic heterocycles. The van der Waals surface area contributed by atoms with Crippen LogP contribution in [-0.2, 0) is 21.3 Å². The Labute approximate surface area is 220 Å². The van der Waals surface area contributed by atoms with E-state index in [9.17, 15) is 18.3 Å². The zero-order chi connectivity index (χ0) is 27.0. The van der Waals surface area contributed by atoms with Crippen LogP contribution in [0.3, 0.4) is 0 Å². The lowest BCUT2D eigenvalue weighted by Crippen LogP contribution is -2.50. The van der Waals surface area contributed by atoms with Gasteiger partial charge in [0.05, 0.1) is 38.1 Å². The lowest BCUT2D eigenvalue weighted by atomic mass is 9.73. The molecule has 206 valence electrons. The van der Waals surface area contributed by atoms with Gasteiger partial charge >= 0.3 is 6.18 Å². The first-order valence-corrected chi connectivity index (χ1v) is 13.1. The fourth-order valence-corrected chi connectivity index (χ4v) is 5.50. The van der Waals surface area contributed by atoms with E-state index in [1.54, 1.807) is 26.1 Å². The second-order valence-corrected chi connectivity index (χ2v) is 10.9. The maximum absolute atomic E-state index is 14.5. The molecular weight excluding hydrogens is 497 g/mol. The number of nitrogens with one attached hydrogen (secondary N) is 1. The number of aromatic nitrogens is 2. The van der Waals surface area contributed by atoms with Gasteiger partial charge in [-0.1, -0.05) is 26.0 Å². The number of pyridine rings is 1. The molecule has 10 heteroatoms. The number of benzene rings is 1. The Morgan fingerprint density at radius 1 is 0.947 bits per heavy atom.